The number of hydrogen-bond donors (Lipinski definition) is 1. The molecule has 6 heteroatoms. The molecule has 0 amide bonds. The van der Waals surface area contributed by atoms with Crippen molar-refractivity contribution in [1.29, 1.82) is 0 Å². The van der Waals surface area contributed by atoms with E-state index in [1.54, 1.807) is 7.11 Å². The molecule has 0 fully saturated rings. The fourth-order valence-electron chi connectivity index (χ4n) is 3.28. The lowest BCUT2D eigenvalue weighted by atomic mass is 9.87. The minimum atomic E-state index is -0.325. The second-order valence-electron chi connectivity index (χ2n) is 5.77. The van der Waals surface area contributed by atoms with Crippen molar-refractivity contribution in [3.05, 3.63) is 52.8 Å². The van der Waals surface area contributed by atoms with Gasteiger partial charge < -0.3 is 19.5 Å². The highest BCUT2D eigenvalue weighted by atomic mass is 35.5. The molecule has 0 aliphatic carbocycles. The van der Waals surface area contributed by atoms with Gasteiger partial charge in [-0.3, -0.25) is 0 Å². The van der Waals surface area contributed by atoms with Crippen molar-refractivity contribution in [3.8, 4) is 17.2 Å². The lowest BCUT2D eigenvalue weighted by molar-refractivity contribution is 0.335. The number of nitrogens with one attached hydrogen (secondary N) is 1. The van der Waals surface area contributed by atoms with Gasteiger partial charge in [-0.15, -0.1) is 12.4 Å². The Morgan fingerprint density at radius 3 is 2.36 bits per heavy atom. The monoisotopic (exact) mass is 367 g/mol. The van der Waals surface area contributed by atoms with Crippen LogP contribution in [-0.2, 0) is 6.42 Å². The molecule has 3 rings (SSSR count). The first-order chi connectivity index (χ1) is 11.7. The molecule has 0 bridgehead atoms. The normalized spacial score (nSPS) is 16.2. The zero-order valence-corrected chi connectivity index (χ0v) is 15.4. The Morgan fingerprint density at radius 2 is 1.76 bits per heavy atom. The molecule has 2 aromatic rings. The topological polar surface area (TPSA) is 39.7 Å². The van der Waals surface area contributed by atoms with E-state index in [1.807, 2.05) is 30.3 Å². The molecule has 4 nitrogen and oxygen atoms in total. The Morgan fingerprint density at radius 1 is 1.04 bits per heavy atom. The number of hydrogen-bond acceptors (Lipinski definition) is 4. The molecule has 1 unspecified atom stereocenters. The van der Waals surface area contributed by atoms with E-state index in [0.717, 1.165) is 30.0 Å². The van der Waals surface area contributed by atoms with Crippen molar-refractivity contribution >= 4 is 12.4 Å². The first-order valence-corrected chi connectivity index (χ1v) is 7.97. The zero-order chi connectivity index (χ0) is 17.1. The molecule has 1 aliphatic heterocycles. The summed E-state index contributed by atoms with van der Waals surface area (Å²) in [6.45, 7) is 1.47. The van der Waals surface area contributed by atoms with Gasteiger partial charge in [0.2, 0.25) is 0 Å². The van der Waals surface area contributed by atoms with Crippen molar-refractivity contribution < 1.29 is 18.6 Å². The van der Waals surface area contributed by atoms with Crippen LogP contribution < -0.4 is 19.5 Å². The van der Waals surface area contributed by atoms with Crippen LogP contribution in [0.2, 0.25) is 0 Å². The third-order valence-electron chi connectivity index (χ3n) is 4.54. The zero-order valence-electron chi connectivity index (χ0n) is 14.6. The molecule has 1 atom stereocenters. The van der Waals surface area contributed by atoms with Crippen molar-refractivity contribution in [2.24, 2.45) is 0 Å². The molecule has 0 aromatic heterocycles. The summed E-state index contributed by atoms with van der Waals surface area (Å²) >= 11 is 0. The largest absolute Gasteiger partial charge is 0.497 e. The van der Waals surface area contributed by atoms with E-state index in [9.17, 15) is 4.39 Å². The number of methoxy groups -OCH3 is 3. The average Bonchev–Trinajstić information content (AvgIpc) is 2.84. The highest BCUT2D eigenvalue weighted by Gasteiger charge is 2.27. The average molecular weight is 368 g/mol. The van der Waals surface area contributed by atoms with Crippen LogP contribution in [0, 0.1) is 5.82 Å². The summed E-state index contributed by atoms with van der Waals surface area (Å²) in [6, 6.07) is 9.80. The number of ether oxygens (including phenoxy) is 3. The predicted molar refractivity (Wildman–Crippen MR) is 98.2 cm³/mol. The molecule has 0 radical (unpaired) electrons. The molecule has 0 spiro atoms. The minimum Gasteiger partial charge on any atom is -0.497 e. The van der Waals surface area contributed by atoms with E-state index < -0.39 is 0 Å². The lowest BCUT2D eigenvalue weighted by Gasteiger charge is -2.21. The fourth-order valence-corrected chi connectivity index (χ4v) is 3.28. The van der Waals surface area contributed by atoms with Crippen molar-refractivity contribution in [3.63, 3.8) is 0 Å². The van der Waals surface area contributed by atoms with E-state index >= 15 is 0 Å². The number of halogens is 2. The Bertz CT molecular complexity index is 722. The van der Waals surface area contributed by atoms with Crippen LogP contribution in [0.3, 0.4) is 0 Å². The summed E-state index contributed by atoms with van der Waals surface area (Å²) in [7, 11) is 4.63. The van der Waals surface area contributed by atoms with Crippen LogP contribution >= 0.6 is 12.4 Å². The molecule has 1 heterocycles. The van der Waals surface area contributed by atoms with E-state index in [-0.39, 0.29) is 29.9 Å². The minimum absolute atomic E-state index is 0. The lowest BCUT2D eigenvalue weighted by Crippen LogP contribution is -2.20. The standard InChI is InChI=1S/C19H22FNO3.ClH/c1-22-13-6-4-12(5-7-13)16-11-21-9-8-14-15(16)10-17(23-2)19(24-3)18(14)20;/h4-7,10,16,21H,8-9,11H2,1-3H3;1H. The van der Waals surface area contributed by atoms with Gasteiger partial charge in [0.05, 0.1) is 21.3 Å². The first-order valence-electron chi connectivity index (χ1n) is 7.97. The number of benzene rings is 2. The van der Waals surface area contributed by atoms with Gasteiger partial charge >= 0.3 is 0 Å². The summed E-state index contributed by atoms with van der Waals surface area (Å²) in [4.78, 5) is 0. The second kappa shape index (κ2) is 8.41. The summed E-state index contributed by atoms with van der Waals surface area (Å²) < 4.78 is 30.7. The third-order valence-corrected chi connectivity index (χ3v) is 4.54. The summed E-state index contributed by atoms with van der Waals surface area (Å²) in [6.07, 6.45) is 0.619. The molecule has 25 heavy (non-hydrogen) atoms. The molecule has 1 aliphatic rings. The second-order valence-corrected chi connectivity index (χ2v) is 5.77. The Hall–Kier alpha value is -1.98. The van der Waals surface area contributed by atoms with Gasteiger partial charge in [0.25, 0.3) is 0 Å². The van der Waals surface area contributed by atoms with E-state index in [2.05, 4.69) is 5.32 Å². The maximum Gasteiger partial charge on any atom is 0.197 e. The smallest absolute Gasteiger partial charge is 0.197 e. The molecular formula is C19H23ClFNO3. The van der Waals surface area contributed by atoms with Gasteiger partial charge in [-0.25, -0.2) is 4.39 Å². The number of rotatable bonds is 4. The molecular weight excluding hydrogens is 345 g/mol. The SMILES string of the molecule is COc1ccc(C2CNCCc3c2cc(OC)c(OC)c3F)cc1.Cl. The van der Waals surface area contributed by atoms with Crippen LogP contribution in [0.15, 0.2) is 30.3 Å². The summed E-state index contributed by atoms with van der Waals surface area (Å²) in [5, 5.41) is 3.39. The van der Waals surface area contributed by atoms with E-state index in [0.29, 0.717) is 17.7 Å². The molecule has 0 saturated heterocycles. The van der Waals surface area contributed by atoms with Gasteiger partial charge in [-0.2, -0.15) is 0 Å². The van der Waals surface area contributed by atoms with Crippen LogP contribution in [0.25, 0.3) is 0 Å². The Labute approximate surface area is 153 Å². The first kappa shape index (κ1) is 19.3. The molecule has 136 valence electrons. The van der Waals surface area contributed by atoms with Crippen molar-refractivity contribution in [2.75, 3.05) is 34.4 Å². The molecule has 1 N–H and O–H groups in total. The van der Waals surface area contributed by atoms with Gasteiger partial charge in [0.1, 0.15) is 5.75 Å². The summed E-state index contributed by atoms with van der Waals surface area (Å²) in [5.74, 6) is 1.12. The highest BCUT2D eigenvalue weighted by Crippen LogP contribution is 2.40. The Balaban J connectivity index is 0.00000225. The maximum absolute atomic E-state index is 14.9. The van der Waals surface area contributed by atoms with Gasteiger partial charge in [0, 0.05) is 12.5 Å². The van der Waals surface area contributed by atoms with E-state index in [4.69, 9.17) is 14.2 Å². The molecule has 2 aromatic carbocycles. The van der Waals surface area contributed by atoms with Crippen molar-refractivity contribution in [1.82, 2.24) is 5.32 Å². The molecule has 0 saturated carbocycles. The van der Waals surface area contributed by atoms with Crippen molar-refractivity contribution in [2.45, 2.75) is 12.3 Å². The Kier molecular flexibility index (Phi) is 6.51. The fraction of sp³-hybridized carbons (Fsp3) is 0.368. The highest BCUT2D eigenvalue weighted by molar-refractivity contribution is 5.85. The van der Waals surface area contributed by atoms with Crippen LogP contribution in [0.4, 0.5) is 4.39 Å². The van der Waals surface area contributed by atoms with Crippen LogP contribution in [0.5, 0.6) is 17.2 Å². The van der Waals surface area contributed by atoms with Gasteiger partial charge in [0.15, 0.2) is 17.3 Å². The maximum atomic E-state index is 14.9. The van der Waals surface area contributed by atoms with Gasteiger partial charge in [-0.05, 0) is 47.9 Å². The quantitative estimate of drug-likeness (QED) is 0.897. The third kappa shape index (κ3) is 3.67. The number of fused-ring (bicyclic) bond motifs is 1. The van der Waals surface area contributed by atoms with Gasteiger partial charge in [-0.1, -0.05) is 12.1 Å². The predicted octanol–water partition coefficient (Wildman–Crippen LogP) is 3.55. The van der Waals surface area contributed by atoms with E-state index in [1.165, 1.54) is 14.2 Å². The van der Waals surface area contributed by atoms with Crippen LogP contribution in [0.1, 0.15) is 22.6 Å². The summed E-state index contributed by atoms with van der Waals surface area (Å²) in [5.41, 5.74) is 2.75. The van der Waals surface area contributed by atoms with Crippen LogP contribution in [-0.4, -0.2) is 34.4 Å².